The molecule has 1 atom stereocenters. The molecular weight excluding hydrogens is 372 g/mol. The van der Waals surface area contributed by atoms with Crippen LogP contribution in [0.4, 0.5) is 4.79 Å². The minimum Gasteiger partial charge on any atom is -0.497 e. The first-order valence-corrected chi connectivity index (χ1v) is 10.4. The van der Waals surface area contributed by atoms with Crippen LogP contribution < -0.4 is 15.5 Å². The zero-order chi connectivity index (χ0) is 20.4. The second kappa shape index (κ2) is 8.02. The summed E-state index contributed by atoms with van der Waals surface area (Å²) >= 11 is 0. The predicted octanol–water partition coefficient (Wildman–Crippen LogP) is 2.12. The molecule has 156 valence electrons. The number of methoxy groups -OCH3 is 1. The van der Waals surface area contributed by atoms with Gasteiger partial charge in [0.05, 0.1) is 13.7 Å². The van der Waals surface area contributed by atoms with Crippen molar-refractivity contribution < 1.29 is 19.1 Å². The molecule has 8 heteroatoms. The second-order valence-corrected chi connectivity index (χ2v) is 8.15. The van der Waals surface area contributed by atoms with E-state index in [1.807, 2.05) is 24.3 Å². The van der Waals surface area contributed by atoms with Gasteiger partial charge in [0.15, 0.2) is 0 Å². The molecule has 0 radical (unpaired) electrons. The summed E-state index contributed by atoms with van der Waals surface area (Å²) in [7, 11) is 1.63. The van der Waals surface area contributed by atoms with E-state index in [1.54, 1.807) is 7.11 Å². The van der Waals surface area contributed by atoms with E-state index in [0.717, 1.165) is 55.0 Å². The van der Waals surface area contributed by atoms with Crippen LogP contribution in [0, 0.1) is 0 Å². The van der Waals surface area contributed by atoms with Crippen LogP contribution in [0.1, 0.15) is 56.6 Å². The number of nitrogens with zero attached hydrogens (tertiary/aromatic N) is 2. The second-order valence-electron chi connectivity index (χ2n) is 8.15. The van der Waals surface area contributed by atoms with Crippen LogP contribution in [0.5, 0.6) is 5.75 Å². The van der Waals surface area contributed by atoms with Crippen molar-refractivity contribution in [2.45, 2.75) is 56.5 Å². The Hall–Kier alpha value is -2.61. The Balaban J connectivity index is 1.38. The summed E-state index contributed by atoms with van der Waals surface area (Å²) in [5.74, 6) is 0.122. The third-order valence-electron chi connectivity index (χ3n) is 6.32. The zero-order valence-corrected chi connectivity index (χ0v) is 16.8. The molecule has 4 amide bonds. The Morgan fingerprint density at radius 3 is 2.59 bits per heavy atom. The van der Waals surface area contributed by atoms with Crippen molar-refractivity contribution in [3.8, 4) is 5.75 Å². The number of likely N-dealkylation sites (tertiary alicyclic amines) is 1. The molecule has 1 spiro atoms. The minimum absolute atomic E-state index is 0.138. The molecule has 1 unspecified atom stereocenters. The van der Waals surface area contributed by atoms with Crippen molar-refractivity contribution in [1.82, 2.24) is 20.7 Å². The van der Waals surface area contributed by atoms with E-state index < -0.39 is 11.6 Å². The summed E-state index contributed by atoms with van der Waals surface area (Å²) in [6, 6.07) is 7.48. The fourth-order valence-corrected chi connectivity index (χ4v) is 4.78. The largest absolute Gasteiger partial charge is 0.497 e. The highest BCUT2D eigenvalue weighted by Crippen LogP contribution is 2.34. The number of hydrogen-bond donors (Lipinski definition) is 2. The highest BCUT2D eigenvalue weighted by atomic mass is 16.5. The molecule has 2 heterocycles. The highest BCUT2D eigenvalue weighted by molar-refractivity contribution is 6.08. The molecule has 1 aliphatic carbocycles. The molecule has 8 nitrogen and oxygen atoms in total. The van der Waals surface area contributed by atoms with Crippen LogP contribution in [-0.4, -0.2) is 53.5 Å². The van der Waals surface area contributed by atoms with Gasteiger partial charge in [0, 0.05) is 6.04 Å². The molecule has 1 saturated carbocycles. The maximum absolute atomic E-state index is 12.8. The molecule has 1 aromatic carbocycles. The lowest BCUT2D eigenvalue weighted by Gasteiger charge is -2.30. The standard InChI is InChI=1S/C21H28N4O4/c1-29-16-9-7-15(8-10-16)17-6-5-13-24(17)14-18(26)23-25-19(27)21(22-20(25)28)11-3-2-4-12-21/h7-10,17H,2-6,11-14H2,1H3,(H,22,28)(H,23,26). The van der Waals surface area contributed by atoms with Gasteiger partial charge >= 0.3 is 6.03 Å². The van der Waals surface area contributed by atoms with E-state index in [2.05, 4.69) is 15.6 Å². The lowest BCUT2D eigenvalue weighted by atomic mass is 9.82. The molecule has 3 fully saturated rings. The van der Waals surface area contributed by atoms with Crippen molar-refractivity contribution in [3.05, 3.63) is 29.8 Å². The Morgan fingerprint density at radius 2 is 1.90 bits per heavy atom. The topological polar surface area (TPSA) is 91.0 Å². The van der Waals surface area contributed by atoms with Crippen molar-refractivity contribution in [3.63, 3.8) is 0 Å². The number of benzene rings is 1. The predicted molar refractivity (Wildman–Crippen MR) is 106 cm³/mol. The highest BCUT2D eigenvalue weighted by Gasteiger charge is 2.52. The summed E-state index contributed by atoms with van der Waals surface area (Å²) in [5.41, 5.74) is 2.84. The maximum atomic E-state index is 12.8. The van der Waals surface area contributed by atoms with Crippen LogP contribution in [0.25, 0.3) is 0 Å². The van der Waals surface area contributed by atoms with Gasteiger partial charge in [0.25, 0.3) is 11.8 Å². The number of hydrazine groups is 1. The van der Waals surface area contributed by atoms with E-state index in [0.29, 0.717) is 12.8 Å². The molecule has 4 rings (SSSR count). The van der Waals surface area contributed by atoms with Gasteiger partial charge in [0.2, 0.25) is 0 Å². The van der Waals surface area contributed by atoms with E-state index in [1.165, 1.54) is 0 Å². The molecule has 0 bridgehead atoms. The van der Waals surface area contributed by atoms with Gasteiger partial charge in [-0.2, -0.15) is 5.01 Å². The van der Waals surface area contributed by atoms with Crippen molar-refractivity contribution in [2.24, 2.45) is 0 Å². The number of carbonyl (C=O) groups excluding carboxylic acids is 3. The number of urea groups is 1. The normalized spacial score (nSPS) is 24.0. The van der Waals surface area contributed by atoms with Crippen LogP contribution in [0.2, 0.25) is 0 Å². The van der Waals surface area contributed by atoms with E-state index in [4.69, 9.17) is 4.74 Å². The number of hydrogen-bond acceptors (Lipinski definition) is 5. The van der Waals surface area contributed by atoms with Gasteiger partial charge in [-0.05, 0) is 49.9 Å². The maximum Gasteiger partial charge on any atom is 0.344 e. The first-order valence-electron chi connectivity index (χ1n) is 10.4. The Kier molecular flexibility index (Phi) is 5.45. The van der Waals surface area contributed by atoms with E-state index >= 15 is 0 Å². The summed E-state index contributed by atoms with van der Waals surface area (Å²) in [4.78, 5) is 39.9. The summed E-state index contributed by atoms with van der Waals surface area (Å²) < 4.78 is 5.21. The quantitative estimate of drug-likeness (QED) is 0.739. The number of nitrogens with one attached hydrogen (secondary N) is 2. The number of amides is 4. The number of imide groups is 1. The molecule has 3 aliphatic rings. The number of carbonyl (C=O) groups is 3. The van der Waals surface area contributed by atoms with Crippen LogP contribution >= 0.6 is 0 Å². The fraction of sp³-hybridized carbons (Fsp3) is 0.571. The average Bonchev–Trinajstić information content (AvgIpc) is 3.27. The van der Waals surface area contributed by atoms with Crippen molar-refractivity contribution >= 4 is 17.8 Å². The third kappa shape index (κ3) is 3.81. The van der Waals surface area contributed by atoms with Crippen molar-refractivity contribution in [2.75, 3.05) is 20.2 Å². The van der Waals surface area contributed by atoms with Gasteiger partial charge in [0.1, 0.15) is 11.3 Å². The molecule has 1 aromatic rings. The lowest BCUT2D eigenvalue weighted by Crippen LogP contribution is -2.52. The smallest absolute Gasteiger partial charge is 0.344 e. The lowest BCUT2D eigenvalue weighted by molar-refractivity contribution is -0.140. The average molecular weight is 400 g/mol. The molecule has 29 heavy (non-hydrogen) atoms. The number of rotatable bonds is 5. The zero-order valence-electron chi connectivity index (χ0n) is 16.8. The Bertz CT molecular complexity index is 788. The minimum atomic E-state index is -0.831. The van der Waals surface area contributed by atoms with Gasteiger partial charge < -0.3 is 10.1 Å². The number of ether oxygens (including phenoxy) is 1. The van der Waals surface area contributed by atoms with E-state index in [9.17, 15) is 14.4 Å². The first kappa shape index (κ1) is 19.7. The summed E-state index contributed by atoms with van der Waals surface area (Å²) in [6.07, 6.45) is 6.11. The Morgan fingerprint density at radius 1 is 1.17 bits per heavy atom. The summed E-state index contributed by atoms with van der Waals surface area (Å²) in [5, 5.41) is 3.69. The van der Waals surface area contributed by atoms with E-state index in [-0.39, 0.29) is 24.4 Å². The van der Waals surface area contributed by atoms with Gasteiger partial charge in [-0.1, -0.05) is 31.4 Å². The van der Waals surface area contributed by atoms with Crippen LogP contribution in [0.15, 0.2) is 24.3 Å². The van der Waals surface area contributed by atoms with Gasteiger partial charge in [-0.25, -0.2) is 4.79 Å². The molecule has 2 saturated heterocycles. The monoisotopic (exact) mass is 400 g/mol. The molecule has 0 aromatic heterocycles. The first-order chi connectivity index (χ1) is 14.0. The van der Waals surface area contributed by atoms with Crippen molar-refractivity contribution in [1.29, 1.82) is 0 Å². The Labute approximate surface area is 170 Å². The molecular formula is C21H28N4O4. The molecule has 2 aliphatic heterocycles. The van der Waals surface area contributed by atoms with Crippen LogP contribution in [0.3, 0.4) is 0 Å². The summed E-state index contributed by atoms with van der Waals surface area (Å²) in [6.45, 7) is 0.939. The van der Waals surface area contributed by atoms with Gasteiger partial charge in [-0.15, -0.1) is 0 Å². The molecule has 2 N–H and O–H groups in total. The SMILES string of the molecule is COc1ccc(C2CCCN2CC(=O)NN2C(=O)NC3(CCCCC3)C2=O)cc1. The fourth-order valence-electron chi connectivity index (χ4n) is 4.78. The van der Waals surface area contributed by atoms with Gasteiger partial charge in [-0.3, -0.25) is 19.9 Å². The third-order valence-corrected chi connectivity index (χ3v) is 6.32. The van der Waals surface area contributed by atoms with Crippen LogP contribution in [-0.2, 0) is 9.59 Å².